The topological polar surface area (TPSA) is 36.8 Å². The van der Waals surface area contributed by atoms with Gasteiger partial charge in [0.2, 0.25) is 0 Å². The fraction of sp³-hybridized carbons (Fsp3) is 0.579. The lowest BCUT2D eigenvalue weighted by atomic mass is 9.79. The molecule has 0 aromatic rings. The summed E-state index contributed by atoms with van der Waals surface area (Å²) in [4.78, 5) is 8.62. The highest BCUT2D eigenvalue weighted by molar-refractivity contribution is 5.88. The van der Waals surface area contributed by atoms with Gasteiger partial charge in [-0.05, 0) is 57.2 Å². The first-order valence-corrected chi connectivity index (χ1v) is 8.25. The number of nitrogens with one attached hydrogen (secondary N) is 1. The van der Waals surface area contributed by atoms with Gasteiger partial charge in [0, 0.05) is 31.0 Å². The van der Waals surface area contributed by atoms with Crippen molar-refractivity contribution in [3.05, 3.63) is 35.6 Å². The van der Waals surface area contributed by atoms with E-state index in [-0.39, 0.29) is 0 Å². The first-order valence-electron chi connectivity index (χ1n) is 8.25. The second-order valence-corrected chi connectivity index (χ2v) is 7.00. The normalized spacial score (nSPS) is 26.6. The van der Waals surface area contributed by atoms with Crippen LogP contribution in [0.4, 0.5) is 0 Å². The molecule has 3 nitrogen and oxygen atoms in total. The van der Waals surface area contributed by atoms with Gasteiger partial charge in [-0.2, -0.15) is 0 Å². The van der Waals surface area contributed by atoms with Crippen LogP contribution in [0.15, 0.2) is 45.6 Å². The summed E-state index contributed by atoms with van der Waals surface area (Å²) in [5, 5.41) is 3.54. The number of nitrogens with zero attached hydrogens (tertiary/aromatic N) is 2. The maximum Gasteiger partial charge on any atom is 0.0449 e. The van der Waals surface area contributed by atoms with Gasteiger partial charge in [-0.3, -0.25) is 9.98 Å². The Labute approximate surface area is 135 Å². The quantitative estimate of drug-likeness (QED) is 0.706. The first-order chi connectivity index (χ1) is 10.5. The summed E-state index contributed by atoms with van der Waals surface area (Å²) in [5.41, 5.74) is 4.40. The van der Waals surface area contributed by atoms with Crippen molar-refractivity contribution < 1.29 is 0 Å². The zero-order valence-electron chi connectivity index (χ0n) is 14.2. The van der Waals surface area contributed by atoms with E-state index in [2.05, 4.69) is 56.0 Å². The second kappa shape index (κ2) is 7.68. The Morgan fingerprint density at radius 3 is 3.09 bits per heavy atom. The Kier molecular flexibility index (Phi) is 5.90. The molecular weight excluding hydrogens is 270 g/mol. The molecule has 22 heavy (non-hydrogen) atoms. The van der Waals surface area contributed by atoms with Crippen LogP contribution < -0.4 is 5.32 Å². The van der Waals surface area contributed by atoms with E-state index in [1.807, 2.05) is 6.20 Å². The number of rotatable bonds is 7. The highest BCUT2D eigenvalue weighted by atomic mass is 14.9. The van der Waals surface area contributed by atoms with Crippen molar-refractivity contribution in [2.24, 2.45) is 15.4 Å². The average molecular weight is 299 g/mol. The largest absolute Gasteiger partial charge is 0.305 e. The third-order valence-corrected chi connectivity index (χ3v) is 4.66. The van der Waals surface area contributed by atoms with E-state index in [1.165, 1.54) is 30.5 Å². The maximum atomic E-state index is 4.79. The SMILES string of the molecule is C=N/C=C(\C)C(C)NCC1=NCC(C)(CC2=CC=CCC2)C1. The van der Waals surface area contributed by atoms with E-state index >= 15 is 0 Å². The molecule has 2 aliphatic rings. The summed E-state index contributed by atoms with van der Waals surface area (Å²) in [7, 11) is 0. The van der Waals surface area contributed by atoms with Crippen LogP contribution in [0.1, 0.15) is 46.5 Å². The molecule has 2 unspecified atom stereocenters. The number of allylic oxidation sites excluding steroid dienone is 4. The zero-order chi connectivity index (χ0) is 16.0. The van der Waals surface area contributed by atoms with Crippen LogP contribution in [-0.4, -0.2) is 31.6 Å². The van der Waals surface area contributed by atoms with Crippen LogP contribution in [0.5, 0.6) is 0 Å². The number of aliphatic imine (C=N–C) groups is 2. The van der Waals surface area contributed by atoms with Crippen LogP contribution in [0.25, 0.3) is 0 Å². The molecule has 120 valence electrons. The minimum absolute atomic E-state index is 0.310. The molecule has 1 heterocycles. The van der Waals surface area contributed by atoms with Crippen LogP contribution in [0, 0.1) is 5.41 Å². The van der Waals surface area contributed by atoms with Gasteiger partial charge >= 0.3 is 0 Å². The monoisotopic (exact) mass is 299 g/mol. The van der Waals surface area contributed by atoms with E-state index in [0.29, 0.717) is 11.5 Å². The standard InChI is InChI=1S/C19H29N3/c1-15(12-20-4)16(2)21-13-18-11-19(3,14-22-18)10-17-8-6-5-7-9-17/h5-6,8,12,16,21H,4,7,9-11,13-14H2,1-3H3/b15-12+. The fourth-order valence-corrected chi connectivity index (χ4v) is 3.18. The van der Waals surface area contributed by atoms with Crippen LogP contribution in [0.3, 0.4) is 0 Å². The van der Waals surface area contributed by atoms with E-state index < -0.39 is 0 Å². The van der Waals surface area contributed by atoms with E-state index in [0.717, 1.165) is 19.5 Å². The van der Waals surface area contributed by atoms with Gasteiger partial charge in [0.1, 0.15) is 0 Å². The molecule has 0 spiro atoms. The lowest BCUT2D eigenvalue weighted by Crippen LogP contribution is -2.32. The molecular formula is C19H29N3. The van der Waals surface area contributed by atoms with Crippen molar-refractivity contribution in [3.8, 4) is 0 Å². The minimum Gasteiger partial charge on any atom is -0.305 e. The summed E-state index contributed by atoms with van der Waals surface area (Å²) >= 11 is 0. The zero-order valence-corrected chi connectivity index (χ0v) is 14.2. The van der Waals surface area contributed by atoms with Gasteiger partial charge < -0.3 is 5.32 Å². The van der Waals surface area contributed by atoms with E-state index in [9.17, 15) is 0 Å². The van der Waals surface area contributed by atoms with Gasteiger partial charge in [-0.15, -0.1) is 0 Å². The summed E-state index contributed by atoms with van der Waals surface area (Å²) in [6, 6.07) is 0.311. The fourth-order valence-electron chi connectivity index (χ4n) is 3.18. The highest BCUT2D eigenvalue weighted by Gasteiger charge is 2.31. The van der Waals surface area contributed by atoms with Crippen LogP contribution in [-0.2, 0) is 0 Å². The summed E-state index contributed by atoms with van der Waals surface area (Å²) in [6.45, 7) is 12.0. The average Bonchev–Trinajstić information content (AvgIpc) is 2.87. The molecule has 0 amide bonds. The van der Waals surface area contributed by atoms with E-state index in [1.54, 1.807) is 5.57 Å². The van der Waals surface area contributed by atoms with Gasteiger partial charge in [0.15, 0.2) is 0 Å². The molecule has 0 radical (unpaired) electrons. The molecule has 0 saturated carbocycles. The van der Waals surface area contributed by atoms with E-state index in [4.69, 9.17) is 4.99 Å². The molecule has 0 aromatic heterocycles. The van der Waals surface area contributed by atoms with Crippen molar-refractivity contribution in [1.29, 1.82) is 0 Å². The van der Waals surface area contributed by atoms with Crippen molar-refractivity contribution in [2.75, 3.05) is 13.1 Å². The van der Waals surface area contributed by atoms with Gasteiger partial charge in [-0.25, -0.2) is 0 Å². The van der Waals surface area contributed by atoms with Crippen molar-refractivity contribution in [2.45, 2.75) is 52.5 Å². The third-order valence-electron chi connectivity index (χ3n) is 4.66. The summed E-state index contributed by atoms with van der Waals surface area (Å²) < 4.78 is 0. The van der Waals surface area contributed by atoms with Crippen molar-refractivity contribution in [3.63, 3.8) is 0 Å². The Hall–Kier alpha value is -1.48. The highest BCUT2D eigenvalue weighted by Crippen LogP contribution is 2.36. The summed E-state index contributed by atoms with van der Waals surface area (Å²) in [5.74, 6) is 0. The Morgan fingerprint density at radius 2 is 2.41 bits per heavy atom. The third kappa shape index (κ3) is 4.77. The molecule has 1 N–H and O–H groups in total. The van der Waals surface area contributed by atoms with Gasteiger partial charge in [-0.1, -0.05) is 30.7 Å². The van der Waals surface area contributed by atoms with Crippen LogP contribution in [0.2, 0.25) is 0 Å². The van der Waals surface area contributed by atoms with Crippen LogP contribution >= 0.6 is 0 Å². The lowest BCUT2D eigenvalue weighted by Gasteiger charge is -2.25. The smallest absolute Gasteiger partial charge is 0.0449 e. The number of hydrogen-bond donors (Lipinski definition) is 1. The predicted molar refractivity (Wildman–Crippen MR) is 96.9 cm³/mol. The number of hydrogen-bond acceptors (Lipinski definition) is 3. The minimum atomic E-state index is 0.310. The van der Waals surface area contributed by atoms with Gasteiger partial charge in [0.25, 0.3) is 0 Å². The first kappa shape index (κ1) is 16.9. The lowest BCUT2D eigenvalue weighted by molar-refractivity contribution is 0.365. The molecule has 2 atom stereocenters. The molecule has 1 aliphatic heterocycles. The second-order valence-electron chi connectivity index (χ2n) is 7.00. The predicted octanol–water partition coefficient (Wildman–Crippen LogP) is 4.09. The Bertz CT molecular complexity index is 525. The molecule has 0 bridgehead atoms. The maximum absolute atomic E-state index is 4.79. The molecule has 2 rings (SSSR count). The van der Waals surface area contributed by atoms with Gasteiger partial charge in [0.05, 0.1) is 0 Å². The molecule has 1 aliphatic carbocycles. The van der Waals surface area contributed by atoms with Crippen molar-refractivity contribution in [1.82, 2.24) is 5.32 Å². The Balaban J connectivity index is 1.81. The molecule has 0 saturated heterocycles. The molecule has 3 heteroatoms. The Morgan fingerprint density at radius 1 is 1.59 bits per heavy atom. The molecule has 0 aromatic carbocycles. The molecule has 0 fully saturated rings. The van der Waals surface area contributed by atoms with Crippen molar-refractivity contribution >= 4 is 12.4 Å². The summed E-state index contributed by atoms with van der Waals surface area (Å²) in [6.07, 6.45) is 13.3.